The van der Waals surface area contributed by atoms with Crippen LogP contribution in [0.2, 0.25) is 0 Å². The molecule has 0 radical (unpaired) electrons. The SMILES string of the molecule is N#CC(NCc1cccs1)c1ccccc1Br. The van der Waals surface area contributed by atoms with Crippen LogP contribution in [0.4, 0.5) is 0 Å². The van der Waals surface area contributed by atoms with E-state index in [-0.39, 0.29) is 6.04 Å². The minimum Gasteiger partial charge on any atom is -0.293 e. The maximum atomic E-state index is 9.20. The van der Waals surface area contributed by atoms with Crippen LogP contribution >= 0.6 is 27.3 Å². The Hall–Kier alpha value is -1.15. The van der Waals surface area contributed by atoms with Gasteiger partial charge in [0.25, 0.3) is 0 Å². The fourth-order valence-electron chi connectivity index (χ4n) is 1.55. The number of nitrogens with one attached hydrogen (secondary N) is 1. The lowest BCUT2D eigenvalue weighted by molar-refractivity contribution is 0.634. The van der Waals surface area contributed by atoms with Gasteiger partial charge in [-0.2, -0.15) is 5.26 Å². The van der Waals surface area contributed by atoms with Gasteiger partial charge in [-0.15, -0.1) is 11.3 Å². The zero-order valence-electron chi connectivity index (χ0n) is 9.06. The Labute approximate surface area is 113 Å². The molecule has 0 aliphatic carbocycles. The number of nitriles is 1. The first-order valence-electron chi connectivity index (χ1n) is 5.21. The zero-order chi connectivity index (χ0) is 12.1. The molecular weight excluding hydrogens is 296 g/mol. The van der Waals surface area contributed by atoms with Crippen molar-refractivity contribution in [2.24, 2.45) is 0 Å². The summed E-state index contributed by atoms with van der Waals surface area (Å²) in [6.45, 7) is 0.719. The van der Waals surface area contributed by atoms with Gasteiger partial charge in [0.2, 0.25) is 0 Å². The highest BCUT2D eigenvalue weighted by molar-refractivity contribution is 9.10. The van der Waals surface area contributed by atoms with Crippen LogP contribution in [-0.4, -0.2) is 0 Å². The van der Waals surface area contributed by atoms with Crippen molar-refractivity contribution in [3.05, 3.63) is 56.7 Å². The number of benzene rings is 1. The summed E-state index contributed by atoms with van der Waals surface area (Å²) in [5, 5.41) is 14.5. The molecule has 0 saturated carbocycles. The van der Waals surface area contributed by atoms with Crippen LogP contribution in [0.3, 0.4) is 0 Å². The van der Waals surface area contributed by atoms with Crippen LogP contribution < -0.4 is 5.32 Å². The van der Waals surface area contributed by atoms with E-state index in [1.807, 2.05) is 35.7 Å². The molecule has 0 bridgehead atoms. The highest BCUT2D eigenvalue weighted by Gasteiger charge is 2.12. The van der Waals surface area contributed by atoms with Gasteiger partial charge >= 0.3 is 0 Å². The summed E-state index contributed by atoms with van der Waals surface area (Å²) in [7, 11) is 0. The van der Waals surface area contributed by atoms with Crippen molar-refractivity contribution in [1.82, 2.24) is 5.32 Å². The molecule has 2 rings (SSSR count). The molecule has 0 spiro atoms. The van der Waals surface area contributed by atoms with E-state index in [1.54, 1.807) is 11.3 Å². The lowest BCUT2D eigenvalue weighted by Gasteiger charge is -2.12. The summed E-state index contributed by atoms with van der Waals surface area (Å²) in [6.07, 6.45) is 0. The molecule has 0 saturated heterocycles. The van der Waals surface area contributed by atoms with Gasteiger partial charge in [0.1, 0.15) is 6.04 Å². The van der Waals surface area contributed by atoms with Gasteiger partial charge in [0.05, 0.1) is 6.07 Å². The van der Waals surface area contributed by atoms with E-state index in [2.05, 4.69) is 33.4 Å². The van der Waals surface area contributed by atoms with E-state index >= 15 is 0 Å². The third-order valence-electron chi connectivity index (χ3n) is 2.41. The second kappa shape index (κ2) is 5.97. The summed E-state index contributed by atoms with van der Waals surface area (Å²) < 4.78 is 0.963. The average molecular weight is 307 g/mol. The van der Waals surface area contributed by atoms with Crippen LogP contribution in [0.1, 0.15) is 16.5 Å². The van der Waals surface area contributed by atoms with Crippen molar-refractivity contribution < 1.29 is 0 Å². The highest BCUT2D eigenvalue weighted by Crippen LogP contribution is 2.23. The Morgan fingerprint density at radius 1 is 1.29 bits per heavy atom. The van der Waals surface area contributed by atoms with Gasteiger partial charge < -0.3 is 0 Å². The van der Waals surface area contributed by atoms with Crippen molar-refractivity contribution in [2.45, 2.75) is 12.6 Å². The smallest absolute Gasteiger partial charge is 0.122 e. The summed E-state index contributed by atoms with van der Waals surface area (Å²) in [5.41, 5.74) is 0.978. The summed E-state index contributed by atoms with van der Waals surface area (Å²) in [4.78, 5) is 1.23. The molecule has 4 heteroatoms. The van der Waals surface area contributed by atoms with Crippen LogP contribution in [-0.2, 0) is 6.54 Å². The van der Waals surface area contributed by atoms with Gasteiger partial charge in [-0.1, -0.05) is 40.2 Å². The topological polar surface area (TPSA) is 35.8 Å². The third-order valence-corrected chi connectivity index (χ3v) is 4.00. The second-order valence-electron chi connectivity index (χ2n) is 3.54. The van der Waals surface area contributed by atoms with E-state index in [1.165, 1.54) is 4.88 Å². The van der Waals surface area contributed by atoms with Crippen LogP contribution in [0.15, 0.2) is 46.3 Å². The third kappa shape index (κ3) is 3.16. The van der Waals surface area contributed by atoms with Crippen molar-refractivity contribution in [2.75, 3.05) is 0 Å². The number of nitrogens with zero attached hydrogens (tertiary/aromatic N) is 1. The van der Waals surface area contributed by atoms with E-state index in [4.69, 9.17) is 0 Å². The Bertz CT molecular complexity index is 516. The molecule has 1 atom stereocenters. The molecule has 0 aliphatic heterocycles. The van der Waals surface area contributed by atoms with Crippen molar-refractivity contribution >= 4 is 27.3 Å². The monoisotopic (exact) mass is 306 g/mol. The van der Waals surface area contributed by atoms with Gasteiger partial charge in [0.15, 0.2) is 0 Å². The number of halogens is 1. The minimum atomic E-state index is -0.285. The number of hydrogen-bond acceptors (Lipinski definition) is 3. The van der Waals surface area contributed by atoms with Gasteiger partial charge in [-0.05, 0) is 23.1 Å². The number of rotatable bonds is 4. The van der Waals surface area contributed by atoms with Crippen LogP contribution in [0, 0.1) is 11.3 Å². The highest BCUT2D eigenvalue weighted by atomic mass is 79.9. The Balaban J connectivity index is 2.08. The fourth-order valence-corrected chi connectivity index (χ4v) is 2.72. The molecule has 1 aromatic heterocycles. The second-order valence-corrected chi connectivity index (χ2v) is 5.43. The minimum absolute atomic E-state index is 0.285. The molecule has 1 N–H and O–H groups in total. The van der Waals surface area contributed by atoms with E-state index < -0.39 is 0 Å². The maximum Gasteiger partial charge on any atom is 0.122 e. The number of hydrogen-bond donors (Lipinski definition) is 1. The molecule has 2 aromatic rings. The Morgan fingerprint density at radius 2 is 2.12 bits per heavy atom. The molecule has 0 aliphatic rings. The first-order valence-corrected chi connectivity index (χ1v) is 6.88. The van der Waals surface area contributed by atoms with E-state index in [0.717, 1.165) is 16.6 Å². The zero-order valence-corrected chi connectivity index (χ0v) is 11.5. The summed E-state index contributed by atoms with van der Waals surface area (Å²) in [6, 6.07) is 13.9. The lowest BCUT2D eigenvalue weighted by Crippen LogP contribution is -2.19. The quantitative estimate of drug-likeness (QED) is 0.931. The van der Waals surface area contributed by atoms with Gasteiger partial charge in [0, 0.05) is 15.9 Å². The van der Waals surface area contributed by atoms with Crippen LogP contribution in [0.5, 0.6) is 0 Å². The number of thiophene rings is 1. The molecule has 17 heavy (non-hydrogen) atoms. The van der Waals surface area contributed by atoms with Gasteiger partial charge in [-0.3, -0.25) is 5.32 Å². The van der Waals surface area contributed by atoms with Crippen molar-refractivity contribution in [3.8, 4) is 6.07 Å². The predicted molar refractivity (Wildman–Crippen MR) is 73.7 cm³/mol. The maximum absolute atomic E-state index is 9.20. The van der Waals surface area contributed by atoms with Crippen LogP contribution in [0.25, 0.3) is 0 Å². The lowest BCUT2D eigenvalue weighted by atomic mass is 10.1. The largest absolute Gasteiger partial charge is 0.293 e. The molecule has 1 unspecified atom stereocenters. The molecule has 86 valence electrons. The fraction of sp³-hybridized carbons (Fsp3) is 0.154. The Morgan fingerprint density at radius 3 is 2.76 bits per heavy atom. The summed E-state index contributed by atoms with van der Waals surface area (Å²) >= 11 is 5.16. The summed E-state index contributed by atoms with van der Waals surface area (Å²) in [5.74, 6) is 0. The molecule has 0 fully saturated rings. The van der Waals surface area contributed by atoms with E-state index in [9.17, 15) is 5.26 Å². The Kier molecular flexibility index (Phi) is 4.32. The molecule has 2 nitrogen and oxygen atoms in total. The first-order chi connectivity index (χ1) is 8.31. The molecule has 1 aromatic carbocycles. The normalized spacial score (nSPS) is 12.0. The van der Waals surface area contributed by atoms with E-state index in [0.29, 0.717) is 0 Å². The predicted octanol–water partition coefficient (Wildman–Crippen LogP) is 3.87. The van der Waals surface area contributed by atoms with Gasteiger partial charge in [-0.25, -0.2) is 0 Å². The average Bonchev–Trinajstić information content (AvgIpc) is 2.85. The standard InChI is InChI=1S/C13H11BrN2S/c14-12-6-2-1-5-11(12)13(8-15)16-9-10-4-3-7-17-10/h1-7,13,16H,9H2. The molecule has 1 heterocycles. The van der Waals surface area contributed by atoms with Crippen molar-refractivity contribution in [1.29, 1.82) is 5.26 Å². The first kappa shape index (κ1) is 12.3. The molecule has 0 amide bonds. The molecular formula is C13H11BrN2S. The van der Waals surface area contributed by atoms with Crippen molar-refractivity contribution in [3.63, 3.8) is 0 Å².